The van der Waals surface area contributed by atoms with Gasteiger partial charge in [-0.05, 0) is 37.9 Å². The smallest absolute Gasteiger partial charge is 0.234 e. The molecular weight excluding hydrogens is 286 g/mol. The summed E-state index contributed by atoms with van der Waals surface area (Å²) in [5, 5.41) is 6.66. The second-order valence-electron chi connectivity index (χ2n) is 5.02. The molecule has 7 heteroatoms. The Bertz CT molecular complexity index is 476. The van der Waals surface area contributed by atoms with E-state index in [9.17, 15) is 0 Å². The zero-order chi connectivity index (χ0) is 15.1. The summed E-state index contributed by atoms with van der Waals surface area (Å²) in [5.41, 5.74) is 0. The van der Waals surface area contributed by atoms with Crippen LogP contribution >= 0.6 is 12.2 Å². The summed E-state index contributed by atoms with van der Waals surface area (Å²) in [4.78, 5) is 11.1. The van der Waals surface area contributed by atoms with Crippen molar-refractivity contribution in [3.05, 3.63) is 6.07 Å². The minimum absolute atomic E-state index is 0.475. The molecule has 1 aromatic heterocycles. The van der Waals surface area contributed by atoms with Crippen LogP contribution in [0.2, 0.25) is 0 Å². The number of anilines is 2. The van der Waals surface area contributed by atoms with Crippen molar-refractivity contribution in [3.63, 3.8) is 0 Å². The molecule has 0 radical (unpaired) electrons. The topological polar surface area (TPSA) is 62.3 Å². The van der Waals surface area contributed by atoms with E-state index in [1.807, 2.05) is 6.07 Å². The first kappa shape index (κ1) is 15.8. The summed E-state index contributed by atoms with van der Waals surface area (Å²) in [6.07, 6.45) is 4.70. The highest BCUT2D eigenvalue weighted by molar-refractivity contribution is 7.80. The van der Waals surface area contributed by atoms with Gasteiger partial charge in [0.15, 0.2) is 5.11 Å². The fraction of sp³-hybridized carbons (Fsp3) is 0.643. The highest BCUT2D eigenvalue weighted by Gasteiger charge is 2.15. The number of methoxy groups -OCH3 is 1. The molecule has 1 aliphatic rings. The Morgan fingerprint density at radius 1 is 1.33 bits per heavy atom. The third-order valence-electron chi connectivity index (χ3n) is 3.34. The largest absolute Gasteiger partial charge is 0.481 e. The lowest BCUT2D eigenvalue weighted by molar-refractivity contribution is 0.397. The van der Waals surface area contributed by atoms with Crippen molar-refractivity contribution in [3.8, 4) is 5.88 Å². The molecule has 6 nitrogen and oxygen atoms in total. The van der Waals surface area contributed by atoms with Crippen LogP contribution in [-0.2, 0) is 0 Å². The number of rotatable bonds is 5. The average molecular weight is 309 g/mol. The molecule has 1 aliphatic heterocycles. The highest BCUT2D eigenvalue weighted by atomic mass is 32.1. The summed E-state index contributed by atoms with van der Waals surface area (Å²) in [7, 11) is 1.61. The van der Waals surface area contributed by atoms with Gasteiger partial charge in [0.05, 0.1) is 7.11 Å². The first-order valence-corrected chi connectivity index (χ1v) is 7.86. The van der Waals surface area contributed by atoms with Crippen LogP contribution in [0, 0.1) is 0 Å². The Hall–Kier alpha value is -1.63. The van der Waals surface area contributed by atoms with Gasteiger partial charge in [-0.1, -0.05) is 6.92 Å². The third-order valence-corrected chi connectivity index (χ3v) is 3.59. The maximum atomic E-state index is 5.27. The van der Waals surface area contributed by atoms with E-state index < -0.39 is 0 Å². The van der Waals surface area contributed by atoms with Gasteiger partial charge < -0.3 is 20.3 Å². The molecule has 0 bridgehead atoms. The zero-order valence-electron chi connectivity index (χ0n) is 12.7. The SMILES string of the molecule is CCCNC(=S)Nc1nc(OC)cc(N2CCCCC2)n1. The lowest BCUT2D eigenvalue weighted by Crippen LogP contribution is -2.32. The molecular formula is C14H23N5OS. The summed E-state index contributed by atoms with van der Waals surface area (Å²) in [6, 6.07) is 1.87. The van der Waals surface area contributed by atoms with E-state index in [-0.39, 0.29) is 0 Å². The number of piperidine rings is 1. The molecule has 0 unspecified atom stereocenters. The fourth-order valence-electron chi connectivity index (χ4n) is 2.24. The van der Waals surface area contributed by atoms with Crippen molar-refractivity contribution < 1.29 is 4.74 Å². The van der Waals surface area contributed by atoms with Gasteiger partial charge in [0.2, 0.25) is 11.8 Å². The molecule has 1 saturated heterocycles. The molecule has 0 aliphatic carbocycles. The number of ether oxygens (including phenoxy) is 1. The number of hydrogen-bond acceptors (Lipinski definition) is 5. The Labute approximate surface area is 131 Å². The second-order valence-corrected chi connectivity index (χ2v) is 5.43. The van der Waals surface area contributed by atoms with E-state index in [1.54, 1.807) is 7.11 Å². The number of nitrogens with zero attached hydrogens (tertiary/aromatic N) is 3. The van der Waals surface area contributed by atoms with Gasteiger partial charge in [0.25, 0.3) is 0 Å². The summed E-state index contributed by atoms with van der Waals surface area (Å²) < 4.78 is 5.27. The molecule has 0 amide bonds. The van der Waals surface area contributed by atoms with Gasteiger partial charge in [0.1, 0.15) is 5.82 Å². The molecule has 0 atom stereocenters. The minimum Gasteiger partial charge on any atom is -0.481 e. The van der Waals surface area contributed by atoms with Crippen molar-refractivity contribution in [2.75, 3.05) is 37.0 Å². The minimum atomic E-state index is 0.475. The predicted molar refractivity (Wildman–Crippen MR) is 89.2 cm³/mol. The van der Waals surface area contributed by atoms with Gasteiger partial charge >= 0.3 is 0 Å². The Morgan fingerprint density at radius 3 is 2.76 bits per heavy atom. The molecule has 0 aromatic carbocycles. The van der Waals surface area contributed by atoms with E-state index in [0.717, 1.165) is 31.9 Å². The Morgan fingerprint density at radius 2 is 2.10 bits per heavy atom. The standard InChI is InChI=1S/C14H23N5OS/c1-3-7-15-14(21)18-13-16-11(10-12(17-13)20-2)19-8-5-4-6-9-19/h10H,3-9H2,1-2H3,(H2,15,16,17,18,21). The maximum absolute atomic E-state index is 5.27. The van der Waals surface area contributed by atoms with E-state index in [4.69, 9.17) is 17.0 Å². The normalized spacial score (nSPS) is 14.7. The fourth-order valence-corrected chi connectivity index (χ4v) is 2.44. The summed E-state index contributed by atoms with van der Waals surface area (Å²) in [5.74, 6) is 1.91. The van der Waals surface area contributed by atoms with Crippen molar-refractivity contribution in [1.29, 1.82) is 0 Å². The predicted octanol–water partition coefficient (Wildman–Crippen LogP) is 2.17. The molecule has 1 fully saturated rings. The highest BCUT2D eigenvalue weighted by Crippen LogP contribution is 2.22. The van der Waals surface area contributed by atoms with Gasteiger partial charge in [0, 0.05) is 25.7 Å². The first-order chi connectivity index (χ1) is 10.2. The number of aromatic nitrogens is 2. The lowest BCUT2D eigenvalue weighted by Gasteiger charge is -2.28. The van der Waals surface area contributed by atoms with Crippen LogP contribution in [0.5, 0.6) is 5.88 Å². The van der Waals surface area contributed by atoms with Crippen LogP contribution in [0.4, 0.5) is 11.8 Å². The Kier molecular flexibility index (Phi) is 5.98. The number of hydrogen-bond donors (Lipinski definition) is 2. The molecule has 2 heterocycles. The molecule has 21 heavy (non-hydrogen) atoms. The third kappa shape index (κ3) is 4.70. The molecule has 0 spiro atoms. The van der Waals surface area contributed by atoms with Crippen LogP contribution in [0.25, 0.3) is 0 Å². The van der Waals surface area contributed by atoms with Crippen molar-refractivity contribution in [2.24, 2.45) is 0 Å². The van der Waals surface area contributed by atoms with Gasteiger partial charge in [-0.15, -0.1) is 0 Å². The van der Waals surface area contributed by atoms with E-state index >= 15 is 0 Å². The van der Waals surface area contributed by atoms with E-state index in [2.05, 4.69) is 32.4 Å². The van der Waals surface area contributed by atoms with Crippen LogP contribution in [0.15, 0.2) is 6.07 Å². The monoisotopic (exact) mass is 309 g/mol. The van der Waals surface area contributed by atoms with E-state index in [0.29, 0.717) is 16.9 Å². The molecule has 2 rings (SSSR count). The summed E-state index contributed by atoms with van der Waals surface area (Å²) in [6.45, 7) is 4.97. The van der Waals surface area contributed by atoms with Crippen LogP contribution in [0.1, 0.15) is 32.6 Å². The number of thiocarbonyl (C=S) groups is 1. The average Bonchev–Trinajstić information content (AvgIpc) is 2.53. The molecule has 2 N–H and O–H groups in total. The van der Waals surface area contributed by atoms with Crippen LogP contribution < -0.4 is 20.3 Å². The van der Waals surface area contributed by atoms with Gasteiger partial charge in [-0.25, -0.2) is 0 Å². The van der Waals surface area contributed by atoms with Gasteiger partial charge in [-0.2, -0.15) is 9.97 Å². The van der Waals surface area contributed by atoms with Crippen LogP contribution in [-0.4, -0.2) is 41.8 Å². The van der Waals surface area contributed by atoms with Crippen molar-refractivity contribution in [1.82, 2.24) is 15.3 Å². The van der Waals surface area contributed by atoms with Crippen molar-refractivity contribution >= 4 is 29.1 Å². The van der Waals surface area contributed by atoms with Crippen LogP contribution in [0.3, 0.4) is 0 Å². The lowest BCUT2D eigenvalue weighted by atomic mass is 10.1. The first-order valence-electron chi connectivity index (χ1n) is 7.45. The molecule has 0 saturated carbocycles. The van der Waals surface area contributed by atoms with Crippen molar-refractivity contribution in [2.45, 2.75) is 32.6 Å². The van der Waals surface area contributed by atoms with E-state index in [1.165, 1.54) is 19.3 Å². The molecule has 1 aromatic rings. The molecule has 116 valence electrons. The zero-order valence-corrected chi connectivity index (χ0v) is 13.5. The Balaban J connectivity index is 2.11. The second kappa shape index (κ2) is 7.97. The quantitative estimate of drug-likeness (QED) is 0.808. The van der Waals surface area contributed by atoms with Gasteiger partial charge in [-0.3, -0.25) is 0 Å². The number of nitrogens with one attached hydrogen (secondary N) is 2. The maximum Gasteiger partial charge on any atom is 0.234 e. The summed E-state index contributed by atoms with van der Waals surface area (Å²) >= 11 is 5.22.